The molecule has 0 atom stereocenters. The fourth-order valence-electron chi connectivity index (χ4n) is 1.62. The molecule has 0 spiro atoms. The first-order chi connectivity index (χ1) is 9.83. The summed E-state index contributed by atoms with van der Waals surface area (Å²) in [5, 5.41) is 9.03. The van der Waals surface area contributed by atoms with Crippen LogP contribution >= 0.6 is 31.9 Å². The van der Waals surface area contributed by atoms with Crippen LogP contribution in [0.3, 0.4) is 0 Å². The molecule has 0 aromatic heterocycles. The van der Waals surface area contributed by atoms with Gasteiger partial charge in [-0.3, -0.25) is 4.72 Å². The summed E-state index contributed by atoms with van der Waals surface area (Å²) >= 11 is 6.48. The molecule has 4 nitrogen and oxygen atoms in total. The number of halogens is 3. The van der Waals surface area contributed by atoms with Crippen molar-refractivity contribution in [1.82, 2.24) is 0 Å². The first-order valence-corrected chi connectivity index (χ1v) is 8.77. The van der Waals surface area contributed by atoms with E-state index in [1.807, 2.05) is 0 Å². The molecule has 112 valence electrons. The molecule has 0 amide bonds. The normalized spacial score (nSPS) is 11.4. The highest BCUT2D eigenvalue weighted by molar-refractivity contribution is 9.11. The maximum atomic E-state index is 13.7. The molecule has 0 unspecified atom stereocenters. The van der Waals surface area contributed by atoms with Gasteiger partial charge in [0.05, 0.1) is 12.3 Å². The predicted octanol–water partition coefficient (Wildman–Crippen LogP) is 3.64. The van der Waals surface area contributed by atoms with Crippen LogP contribution in [-0.2, 0) is 16.6 Å². The van der Waals surface area contributed by atoms with Crippen molar-refractivity contribution in [2.24, 2.45) is 0 Å². The van der Waals surface area contributed by atoms with E-state index in [-0.39, 0.29) is 12.3 Å². The van der Waals surface area contributed by atoms with Gasteiger partial charge < -0.3 is 5.11 Å². The fourth-order valence-corrected chi connectivity index (χ4v) is 4.11. The third-order valence-corrected chi connectivity index (χ3v) is 5.17. The van der Waals surface area contributed by atoms with Crippen molar-refractivity contribution in [3.63, 3.8) is 0 Å². The maximum Gasteiger partial charge on any atom is 0.264 e. The Bertz CT molecular complexity index is 781. The van der Waals surface area contributed by atoms with Gasteiger partial charge in [0.1, 0.15) is 10.7 Å². The molecule has 0 aliphatic heterocycles. The number of rotatable bonds is 4. The smallest absolute Gasteiger partial charge is 0.264 e. The summed E-state index contributed by atoms with van der Waals surface area (Å²) < 4.78 is 41.9. The van der Waals surface area contributed by atoms with Gasteiger partial charge in [-0.05, 0) is 51.8 Å². The molecule has 2 aromatic carbocycles. The predicted molar refractivity (Wildman–Crippen MR) is 85.0 cm³/mol. The van der Waals surface area contributed by atoms with Crippen molar-refractivity contribution in [2.45, 2.75) is 11.5 Å². The van der Waals surface area contributed by atoms with E-state index in [1.54, 1.807) is 18.2 Å². The number of hydrogen-bond acceptors (Lipinski definition) is 3. The van der Waals surface area contributed by atoms with Gasteiger partial charge in [0.2, 0.25) is 0 Å². The third-order valence-electron chi connectivity index (χ3n) is 2.64. The Labute approximate surface area is 138 Å². The van der Waals surface area contributed by atoms with Gasteiger partial charge in [-0.2, -0.15) is 0 Å². The number of sulfonamides is 1. The largest absolute Gasteiger partial charge is 0.392 e. The van der Waals surface area contributed by atoms with Gasteiger partial charge >= 0.3 is 0 Å². The second kappa shape index (κ2) is 6.43. The Balaban J connectivity index is 2.43. The van der Waals surface area contributed by atoms with Crippen LogP contribution in [0.1, 0.15) is 5.56 Å². The van der Waals surface area contributed by atoms with Crippen molar-refractivity contribution in [3.8, 4) is 0 Å². The number of benzene rings is 2. The Morgan fingerprint density at radius 2 is 1.86 bits per heavy atom. The zero-order valence-electron chi connectivity index (χ0n) is 10.5. The van der Waals surface area contributed by atoms with Crippen LogP contribution in [0.2, 0.25) is 0 Å². The van der Waals surface area contributed by atoms with Crippen molar-refractivity contribution in [3.05, 3.63) is 56.7 Å². The lowest BCUT2D eigenvalue weighted by Gasteiger charge is -2.11. The van der Waals surface area contributed by atoms with E-state index in [0.717, 1.165) is 16.6 Å². The molecule has 0 bridgehead atoms. The molecule has 0 saturated carbocycles. The Morgan fingerprint density at radius 3 is 2.48 bits per heavy atom. The summed E-state index contributed by atoms with van der Waals surface area (Å²) in [4.78, 5) is -0.510. The Kier molecular flexibility index (Phi) is 5.03. The Morgan fingerprint density at radius 1 is 1.14 bits per heavy atom. The summed E-state index contributed by atoms with van der Waals surface area (Å²) in [6.07, 6.45) is 0. The second-order valence-corrected chi connectivity index (χ2v) is 7.57. The average Bonchev–Trinajstić information content (AvgIpc) is 2.42. The zero-order valence-corrected chi connectivity index (χ0v) is 14.5. The number of aliphatic hydroxyl groups excluding tert-OH is 1. The molecule has 21 heavy (non-hydrogen) atoms. The molecule has 2 aromatic rings. The average molecular weight is 439 g/mol. The lowest BCUT2D eigenvalue weighted by atomic mass is 10.2. The molecule has 2 rings (SSSR count). The van der Waals surface area contributed by atoms with Crippen molar-refractivity contribution in [2.75, 3.05) is 4.72 Å². The summed E-state index contributed by atoms with van der Waals surface area (Å²) in [6.45, 7) is -0.370. The van der Waals surface area contributed by atoms with Gasteiger partial charge in [-0.15, -0.1) is 0 Å². The number of nitrogens with one attached hydrogen (secondary N) is 1. The van der Waals surface area contributed by atoms with E-state index < -0.39 is 20.7 Å². The van der Waals surface area contributed by atoms with Crippen molar-refractivity contribution < 1.29 is 17.9 Å². The molecular weight excluding hydrogens is 429 g/mol. The number of aliphatic hydroxyl groups is 1. The van der Waals surface area contributed by atoms with Crippen LogP contribution in [0.5, 0.6) is 0 Å². The first kappa shape index (κ1) is 16.4. The van der Waals surface area contributed by atoms with E-state index >= 15 is 0 Å². The summed E-state index contributed by atoms with van der Waals surface area (Å²) in [6, 6.07) is 8.30. The minimum atomic E-state index is -4.09. The highest BCUT2D eigenvalue weighted by Crippen LogP contribution is 2.29. The quantitative estimate of drug-likeness (QED) is 0.765. The highest BCUT2D eigenvalue weighted by atomic mass is 79.9. The van der Waals surface area contributed by atoms with E-state index in [4.69, 9.17) is 5.11 Å². The lowest BCUT2D eigenvalue weighted by Crippen LogP contribution is -2.15. The number of anilines is 1. The van der Waals surface area contributed by atoms with Crippen LogP contribution in [0.15, 0.2) is 50.2 Å². The molecule has 0 heterocycles. The van der Waals surface area contributed by atoms with Crippen LogP contribution in [0.25, 0.3) is 0 Å². The van der Waals surface area contributed by atoms with Crippen LogP contribution in [0, 0.1) is 5.82 Å². The van der Waals surface area contributed by atoms with Gasteiger partial charge in [0, 0.05) is 8.95 Å². The number of hydrogen-bond donors (Lipinski definition) is 2. The standard InChI is InChI=1S/C13H10Br2FNO3S/c14-9-2-4-12(10(15)6-9)17-21(19,20)13-5-8(7-18)1-3-11(13)16/h1-6,17-18H,7H2. The van der Waals surface area contributed by atoms with E-state index in [0.29, 0.717) is 10.0 Å². The molecule has 0 aliphatic rings. The maximum absolute atomic E-state index is 13.7. The van der Waals surface area contributed by atoms with E-state index in [1.165, 1.54) is 6.07 Å². The minimum absolute atomic E-state index is 0.284. The first-order valence-electron chi connectivity index (χ1n) is 5.70. The fraction of sp³-hybridized carbons (Fsp3) is 0.0769. The van der Waals surface area contributed by atoms with Gasteiger partial charge in [-0.1, -0.05) is 22.0 Å². The molecule has 0 aliphatic carbocycles. The van der Waals surface area contributed by atoms with Crippen molar-refractivity contribution in [1.29, 1.82) is 0 Å². The van der Waals surface area contributed by atoms with Gasteiger partial charge in [-0.25, -0.2) is 12.8 Å². The molecule has 2 N–H and O–H groups in total. The minimum Gasteiger partial charge on any atom is -0.392 e. The van der Waals surface area contributed by atoms with Crippen LogP contribution in [-0.4, -0.2) is 13.5 Å². The molecular formula is C13H10Br2FNO3S. The molecule has 0 fully saturated rings. The van der Waals surface area contributed by atoms with E-state index in [9.17, 15) is 12.8 Å². The van der Waals surface area contributed by atoms with Gasteiger partial charge in [0.15, 0.2) is 0 Å². The summed E-state index contributed by atoms with van der Waals surface area (Å²) in [5.41, 5.74) is 0.596. The van der Waals surface area contributed by atoms with Crippen LogP contribution < -0.4 is 4.72 Å². The highest BCUT2D eigenvalue weighted by Gasteiger charge is 2.20. The Hall–Kier alpha value is -0.960. The molecule has 0 radical (unpaired) electrons. The van der Waals surface area contributed by atoms with Crippen molar-refractivity contribution >= 4 is 47.6 Å². The SMILES string of the molecule is O=S(=O)(Nc1ccc(Br)cc1Br)c1cc(CO)ccc1F. The topological polar surface area (TPSA) is 66.4 Å². The van der Waals surface area contributed by atoms with Gasteiger partial charge in [0.25, 0.3) is 10.0 Å². The summed E-state index contributed by atoms with van der Waals surface area (Å²) in [7, 11) is -4.09. The third kappa shape index (κ3) is 3.82. The zero-order chi connectivity index (χ0) is 15.6. The molecule has 0 saturated heterocycles. The molecule has 8 heteroatoms. The van der Waals surface area contributed by atoms with Crippen LogP contribution in [0.4, 0.5) is 10.1 Å². The summed E-state index contributed by atoms with van der Waals surface area (Å²) in [5.74, 6) is -0.882. The lowest BCUT2D eigenvalue weighted by molar-refractivity contribution is 0.281. The second-order valence-electron chi connectivity index (χ2n) is 4.15. The monoisotopic (exact) mass is 437 g/mol. The van der Waals surface area contributed by atoms with E-state index in [2.05, 4.69) is 36.6 Å².